The molecule has 0 fully saturated rings. The number of nitrogens with one attached hydrogen (secondary N) is 1. The molecule has 0 saturated carbocycles. The molecule has 1 N–H and O–H groups in total. The number of amides is 1. The van der Waals surface area contributed by atoms with Crippen LogP contribution < -0.4 is 19.7 Å². The van der Waals surface area contributed by atoms with Crippen molar-refractivity contribution >= 4 is 23.1 Å². The Labute approximate surface area is 188 Å². The monoisotopic (exact) mass is 432 g/mol. The van der Waals surface area contributed by atoms with Gasteiger partial charge in [-0.3, -0.25) is 4.79 Å². The van der Waals surface area contributed by atoms with Gasteiger partial charge in [-0.2, -0.15) is 0 Å². The third-order valence-electron chi connectivity index (χ3n) is 4.91. The molecule has 0 saturated heterocycles. The molecule has 0 radical (unpaired) electrons. The Hall–Kier alpha value is -3.61. The number of fused-ring (bicyclic) bond motifs is 1. The summed E-state index contributed by atoms with van der Waals surface area (Å²) in [4.78, 5) is 23.9. The van der Waals surface area contributed by atoms with Crippen molar-refractivity contribution in [3.63, 3.8) is 0 Å². The summed E-state index contributed by atoms with van der Waals surface area (Å²) in [5, 5.41) is 2.90. The molecule has 2 aromatic heterocycles. The number of benzene rings is 1. The number of nitrogens with zero attached hydrogens (tertiary/aromatic N) is 3. The van der Waals surface area contributed by atoms with Crippen molar-refractivity contribution in [2.45, 2.75) is 27.7 Å². The van der Waals surface area contributed by atoms with Gasteiger partial charge in [-0.25, -0.2) is 9.97 Å². The molecule has 1 amide bonds. The fraction of sp³-hybridized carbons (Fsp3) is 0.320. The number of hydrogen-bond donors (Lipinski definition) is 1. The van der Waals surface area contributed by atoms with Crippen LogP contribution in [0.15, 0.2) is 54.9 Å². The highest BCUT2D eigenvalue weighted by Crippen LogP contribution is 2.38. The van der Waals surface area contributed by atoms with Crippen molar-refractivity contribution < 1.29 is 14.3 Å². The van der Waals surface area contributed by atoms with Gasteiger partial charge in [0.1, 0.15) is 12.4 Å². The maximum Gasteiger partial charge on any atom is 0.259 e. The first-order valence-electron chi connectivity index (χ1n) is 10.7. The average Bonchev–Trinajstić information content (AvgIpc) is 2.78. The Morgan fingerprint density at radius 1 is 1.12 bits per heavy atom. The summed E-state index contributed by atoms with van der Waals surface area (Å²) >= 11 is 0. The zero-order valence-electron chi connectivity index (χ0n) is 18.9. The Morgan fingerprint density at radius 2 is 1.97 bits per heavy atom. The van der Waals surface area contributed by atoms with E-state index in [2.05, 4.69) is 41.0 Å². The highest BCUT2D eigenvalue weighted by molar-refractivity contribution is 6.07. The van der Waals surface area contributed by atoms with Crippen molar-refractivity contribution in [3.8, 4) is 11.6 Å². The van der Waals surface area contributed by atoms with Crippen LogP contribution in [-0.4, -0.2) is 35.6 Å². The second-order valence-electron chi connectivity index (χ2n) is 9.04. The van der Waals surface area contributed by atoms with Gasteiger partial charge in [0.25, 0.3) is 5.91 Å². The first-order chi connectivity index (χ1) is 15.3. The van der Waals surface area contributed by atoms with Crippen LogP contribution in [0.4, 0.5) is 17.2 Å². The lowest BCUT2D eigenvalue weighted by atomic mass is 9.99. The van der Waals surface area contributed by atoms with E-state index in [1.54, 1.807) is 24.4 Å². The Balaban J connectivity index is 1.51. The number of aromatic nitrogens is 2. The van der Waals surface area contributed by atoms with Crippen LogP contribution in [0.25, 0.3) is 0 Å². The Morgan fingerprint density at radius 3 is 2.66 bits per heavy atom. The van der Waals surface area contributed by atoms with E-state index in [0.717, 1.165) is 17.1 Å². The van der Waals surface area contributed by atoms with Crippen molar-refractivity contribution in [1.29, 1.82) is 0 Å². The van der Waals surface area contributed by atoms with E-state index in [4.69, 9.17) is 9.47 Å². The Bertz CT molecular complexity index is 1090. The minimum absolute atomic E-state index is 0.0446. The van der Waals surface area contributed by atoms with Gasteiger partial charge < -0.3 is 19.7 Å². The number of carbonyl (C=O) groups excluding carboxylic acids is 1. The van der Waals surface area contributed by atoms with E-state index in [1.165, 1.54) is 0 Å². The molecule has 1 aromatic carbocycles. The maximum atomic E-state index is 13.0. The largest absolute Gasteiger partial charge is 0.489 e. The van der Waals surface area contributed by atoms with E-state index in [9.17, 15) is 4.79 Å². The third-order valence-corrected chi connectivity index (χ3v) is 4.91. The van der Waals surface area contributed by atoms with Crippen LogP contribution in [0.1, 0.15) is 36.7 Å². The summed E-state index contributed by atoms with van der Waals surface area (Å²) in [6, 6.07) is 13.1. The quantitative estimate of drug-likeness (QED) is 0.612. The van der Waals surface area contributed by atoms with Gasteiger partial charge in [0, 0.05) is 12.3 Å². The molecule has 3 aromatic rings. The van der Waals surface area contributed by atoms with E-state index >= 15 is 0 Å². The molecule has 166 valence electrons. The average molecular weight is 433 g/mol. The number of aryl methyl sites for hydroxylation is 1. The van der Waals surface area contributed by atoms with E-state index in [0.29, 0.717) is 42.6 Å². The molecule has 0 spiro atoms. The number of carbonyl (C=O) groups is 1. The number of pyridine rings is 2. The Kier molecular flexibility index (Phi) is 5.99. The van der Waals surface area contributed by atoms with Crippen LogP contribution in [-0.2, 0) is 0 Å². The molecule has 32 heavy (non-hydrogen) atoms. The minimum Gasteiger partial charge on any atom is -0.489 e. The maximum absolute atomic E-state index is 13.0. The lowest BCUT2D eigenvalue weighted by Gasteiger charge is -2.31. The van der Waals surface area contributed by atoms with Crippen LogP contribution >= 0.6 is 0 Å². The van der Waals surface area contributed by atoms with E-state index in [1.807, 2.05) is 37.4 Å². The second-order valence-corrected chi connectivity index (χ2v) is 9.04. The SMILES string of the molecule is Cc1ccc(N2CCOc3c(C(=O)Nc4ccc(OCC(C)(C)C)nc4)cccc32)nc1. The molecule has 0 bridgehead atoms. The zero-order valence-corrected chi connectivity index (χ0v) is 18.9. The van der Waals surface area contributed by atoms with Crippen molar-refractivity contribution in [2.24, 2.45) is 5.41 Å². The van der Waals surface area contributed by atoms with Gasteiger partial charge in [-0.1, -0.05) is 32.9 Å². The van der Waals surface area contributed by atoms with Crippen molar-refractivity contribution in [2.75, 3.05) is 30.0 Å². The number of para-hydroxylation sites is 1. The molecular weight excluding hydrogens is 404 g/mol. The summed E-state index contributed by atoms with van der Waals surface area (Å²) in [5.41, 5.74) is 3.02. The first kappa shape index (κ1) is 21.6. The van der Waals surface area contributed by atoms with Gasteiger partial charge in [0.15, 0.2) is 5.75 Å². The van der Waals surface area contributed by atoms with Gasteiger partial charge in [0.05, 0.1) is 36.3 Å². The zero-order chi connectivity index (χ0) is 22.7. The van der Waals surface area contributed by atoms with Crippen LogP contribution in [0.2, 0.25) is 0 Å². The fourth-order valence-electron chi connectivity index (χ4n) is 3.31. The highest BCUT2D eigenvalue weighted by Gasteiger charge is 2.25. The normalized spacial score (nSPS) is 13.2. The number of anilines is 3. The fourth-order valence-corrected chi connectivity index (χ4v) is 3.31. The smallest absolute Gasteiger partial charge is 0.259 e. The van der Waals surface area contributed by atoms with E-state index < -0.39 is 0 Å². The van der Waals surface area contributed by atoms with Gasteiger partial charge >= 0.3 is 0 Å². The molecule has 4 rings (SSSR count). The number of hydrogen-bond acceptors (Lipinski definition) is 6. The summed E-state index contributed by atoms with van der Waals surface area (Å²) in [5.74, 6) is 1.65. The lowest BCUT2D eigenvalue weighted by Crippen LogP contribution is -2.30. The molecule has 7 heteroatoms. The predicted octanol–water partition coefficient (Wildman–Crippen LogP) is 4.99. The summed E-state index contributed by atoms with van der Waals surface area (Å²) in [6.07, 6.45) is 3.43. The van der Waals surface area contributed by atoms with E-state index in [-0.39, 0.29) is 11.3 Å². The lowest BCUT2D eigenvalue weighted by molar-refractivity contribution is 0.102. The van der Waals surface area contributed by atoms with Gasteiger partial charge in [0.2, 0.25) is 5.88 Å². The van der Waals surface area contributed by atoms with Crippen LogP contribution in [0.5, 0.6) is 11.6 Å². The third kappa shape index (κ3) is 4.99. The predicted molar refractivity (Wildman–Crippen MR) is 125 cm³/mol. The minimum atomic E-state index is -0.259. The topological polar surface area (TPSA) is 76.6 Å². The second kappa shape index (κ2) is 8.86. The summed E-state index contributed by atoms with van der Waals surface area (Å²) in [7, 11) is 0. The number of ether oxygens (including phenoxy) is 2. The molecule has 7 nitrogen and oxygen atoms in total. The van der Waals surface area contributed by atoms with Gasteiger partial charge in [-0.15, -0.1) is 0 Å². The summed E-state index contributed by atoms with van der Waals surface area (Å²) < 4.78 is 11.6. The first-order valence-corrected chi connectivity index (χ1v) is 10.7. The molecule has 1 aliphatic rings. The standard InChI is InChI=1S/C25H28N4O3/c1-17-8-10-21(26-14-17)29-12-13-31-23-19(6-5-7-20(23)29)24(30)28-18-9-11-22(27-15-18)32-16-25(2,3)4/h5-11,14-15H,12-13,16H2,1-4H3,(H,28,30). The molecule has 1 aliphatic heterocycles. The van der Waals surface area contributed by atoms with Crippen LogP contribution in [0.3, 0.4) is 0 Å². The number of rotatable bonds is 5. The molecule has 3 heterocycles. The highest BCUT2D eigenvalue weighted by atomic mass is 16.5. The van der Waals surface area contributed by atoms with Crippen molar-refractivity contribution in [1.82, 2.24) is 9.97 Å². The summed E-state index contributed by atoms with van der Waals surface area (Å²) in [6.45, 7) is 9.99. The van der Waals surface area contributed by atoms with Crippen molar-refractivity contribution in [3.05, 3.63) is 66.0 Å². The molecular formula is C25H28N4O3. The molecule has 0 aliphatic carbocycles. The molecule has 0 atom stereocenters. The molecule has 0 unspecified atom stereocenters. The van der Waals surface area contributed by atoms with Gasteiger partial charge in [-0.05, 0) is 42.2 Å². The van der Waals surface area contributed by atoms with Crippen LogP contribution in [0, 0.1) is 12.3 Å².